The molecule has 1 aromatic carbocycles. The minimum Gasteiger partial charge on any atom is -0.465 e. The van der Waals surface area contributed by atoms with E-state index in [2.05, 4.69) is 10.6 Å². The lowest BCUT2D eigenvalue weighted by atomic mass is 10.3. The average Bonchev–Trinajstić information content (AvgIpc) is 2.98. The SMILES string of the molecule is O=C(C=Cc1ccco1)NC(=S)Nc1ccccc1[N+](=O)[O-]. The van der Waals surface area contributed by atoms with Gasteiger partial charge in [0.1, 0.15) is 11.4 Å². The van der Waals surface area contributed by atoms with E-state index in [1.807, 2.05) is 0 Å². The van der Waals surface area contributed by atoms with Crippen molar-refractivity contribution in [3.8, 4) is 0 Å². The summed E-state index contributed by atoms with van der Waals surface area (Å²) in [5.74, 6) is 0.0419. The van der Waals surface area contributed by atoms with Crippen molar-refractivity contribution < 1.29 is 14.1 Å². The lowest BCUT2D eigenvalue weighted by molar-refractivity contribution is -0.383. The number of nitrogens with one attached hydrogen (secondary N) is 2. The number of nitro groups is 1. The van der Waals surface area contributed by atoms with Gasteiger partial charge in [-0.05, 0) is 36.5 Å². The third-order valence-corrected chi connectivity index (χ3v) is 2.73. The van der Waals surface area contributed by atoms with E-state index < -0.39 is 10.8 Å². The Kier molecular flexibility index (Phi) is 4.99. The van der Waals surface area contributed by atoms with Crippen LogP contribution in [-0.2, 0) is 4.79 Å². The van der Waals surface area contributed by atoms with Crippen molar-refractivity contribution in [3.05, 3.63) is 64.6 Å². The second-order valence-electron chi connectivity index (χ2n) is 4.07. The van der Waals surface area contributed by atoms with Crippen LogP contribution in [0.3, 0.4) is 0 Å². The molecular formula is C14H11N3O4S. The molecule has 112 valence electrons. The van der Waals surface area contributed by atoms with Crippen LogP contribution in [0.15, 0.2) is 53.2 Å². The molecule has 0 saturated carbocycles. The lowest BCUT2D eigenvalue weighted by Gasteiger charge is -2.08. The highest BCUT2D eigenvalue weighted by atomic mass is 32.1. The molecule has 1 aromatic heterocycles. The van der Waals surface area contributed by atoms with E-state index in [1.165, 1.54) is 36.6 Å². The minimum absolute atomic E-state index is 0.0385. The predicted molar refractivity (Wildman–Crippen MR) is 85.2 cm³/mol. The standard InChI is InChI=1S/C14H11N3O4S/c18-13(8-7-10-4-3-9-21-10)16-14(22)15-11-5-1-2-6-12(11)17(19)20/h1-9H,(H2,15,16,18,22). The Balaban J connectivity index is 1.96. The first-order chi connectivity index (χ1) is 10.6. The molecule has 7 nitrogen and oxygen atoms in total. The van der Waals surface area contributed by atoms with Crippen LogP contribution in [0.25, 0.3) is 6.08 Å². The number of nitro benzene ring substituents is 1. The number of anilines is 1. The molecule has 0 radical (unpaired) electrons. The summed E-state index contributed by atoms with van der Waals surface area (Å²) in [6.45, 7) is 0. The number of nitrogens with zero attached hydrogens (tertiary/aromatic N) is 1. The normalized spacial score (nSPS) is 10.4. The first-order valence-electron chi connectivity index (χ1n) is 6.13. The molecule has 0 saturated heterocycles. The predicted octanol–water partition coefficient (Wildman–Crippen LogP) is 2.71. The van der Waals surface area contributed by atoms with Gasteiger partial charge < -0.3 is 9.73 Å². The largest absolute Gasteiger partial charge is 0.465 e. The Labute approximate surface area is 130 Å². The first kappa shape index (κ1) is 15.4. The van der Waals surface area contributed by atoms with E-state index in [4.69, 9.17) is 16.6 Å². The van der Waals surface area contributed by atoms with Gasteiger partial charge in [-0.1, -0.05) is 12.1 Å². The van der Waals surface area contributed by atoms with Gasteiger partial charge in [0, 0.05) is 12.1 Å². The smallest absolute Gasteiger partial charge is 0.292 e. The van der Waals surface area contributed by atoms with Crippen molar-refractivity contribution in [1.82, 2.24) is 5.32 Å². The molecule has 2 N–H and O–H groups in total. The van der Waals surface area contributed by atoms with Crippen LogP contribution in [0.4, 0.5) is 11.4 Å². The quantitative estimate of drug-likeness (QED) is 0.389. The second kappa shape index (κ2) is 7.14. The number of carbonyl (C=O) groups is 1. The Morgan fingerprint density at radius 1 is 1.27 bits per heavy atom. The number of para-hydroxylation sites is 2. The topological polar surface area (TPSA) is 97.4 Å². The zero-order valence-electron chi connectivity index (χ0n) is 11.2. The number of hydrogen-bond acceptors (Lipinski definition) is 5. The molecule has 0 unspecified atom stereocenters. The Morgan fingerprint density at radius 2 is 2.05 bits per heavy atom. The summed E-state index contributed by atoms with van der Waals surface area (Å²) in [5, 5.41) is 15.8. The molecule has 0 aliphatic rings. The van der Waals surface area contributed by atoms with Gasteiger partial charge in [-0.15, -0.1) is 0 Å². The maximum absolute atomic E-state index is 11.7. The van der Waals surface area contributed by atoms with E-state index in [1.54, 1.807) is 18.2 Å². The molecule has 0 aliphatic heterocycles. The summed E-state index contributed by atoms with van der Waals surface area (Å²) >= 11 is 4.95. The maximum atomic E-state index is 11.7. The minimum atomic E-state index is -0.538. The zero-order chi connectivity index (χ0) is 15.9. The number of rotatable bonds is 4. The van der Waals surface area contributed by atoms with Crippen molar-refractivity contribution in [2.75, 3.05) is 5.32 Å². The van der Waals surface area contributed by atoms with E-state index >= 15 is 0 Å². The molecule has 8 heteroatoms. The molecule has 2 aromatic rings. The summed E-state index contributed by atoms with van der Waals surface area (Å²) in [5.41, 5.74) is 0.0676. The summed E-state index contributed by atoms with van der Waals surface area (Å²) < 4.78 is 5.04. The van der Waals surface area contributed by atoms with Gasteiger partial charge in [0.15, 0.2) is 5.11 Å². The van der Waals surface area contributed by atoms with Gasteiger partial charge in [0.05, 0.1) is 11.2 Å². The summed E-state index contributed by atoms with van der Waals surface area (Å²) in [6.07, 6.45) is 4.20. The van der Waals surface area contributed by atoms with Crippen molar-refractivity contribution in [2.45, 2.75) is 0 Å². The Morgan fingerprint density at radius 3 is 2.73 bits per heavy atom. The fourth-order valence-corrected chi connectivity index (χ4v) is 1.80. The highest BCUT2D eigenvalue weighted by Crippen LogP contribution is 2.22. The Bertz CT molecular complexity index is 725. The average molecular weight is 317 g/mol. The van der Waals surface area contributed by atoms with Crippen LogP contribution < -0.4 is 10.6 Å². The van der Waals surface area contributed by atoms with Gasteiger partial charge in [-0.2, -0.15) is 0 Å². The summed E-state index contributed by atoms with van der Waals surface area (Å²) in [6, 6.07) is 9.37. The fraction of sp³-hybridized carbons (Fsp3) is 0. The third-order valence-electron chi connectivity index (χ3n) is 2.53. The van der Waals surface area contributed by atoms with Gasteiger partial charge in [-0.25, -0.2) is 0 Å². The van der Waals surface area contributed by atoms with E-state index in [0.29, 0.717) is 5.76 Å². The summed E-state index contributed by atoms with van der Waals surface area (Å²) in [4.78, 5) is 22.0. The molecule has 22 heavy (non-hydrogen) atoms. The Hall–Kier alpha value is -3.00. The number of hydrogen-bond donors (Lipinski definition) is 2. The van der Waals surface area contributed by atoms with E-state index in [0.717, 1.165) is 0 Å². The molecule has 0 atom stereocenters. The number of furan rings is 1. The van der Waals surface area contributed by atoms with E-state index in [-0.39, 0.29) is 16.5 Å². The van der Waals surface area contributed by atoms with Crippen LogP contribution >= 0.6 is 12.2 Å². The maximum Gasteiger partial charge on any atom is 0.292 e. The monoisotopic (exact) mass is 317 g/mol. The van der Waals surface area contributed by atoms with Crippen molar-refractivity contribution in [1.29, 1.82) is 0 Å². The highest BCUT2D eigenvalue weighted by Gasteiger charge is 2.13. The number of carbonyl (C=O) groups excluding carboxylic acids is 1. The third kappa shape index (κ3) is 4.25. The second-order valence-corrected chi connectivity index (χ2v) is 4.47. The molecular weight excluding hydrogens is 306 g/mol. The molecule has 1 heterocycles. The van der Waals surface area contributed by atoms with Crippen molar-refractivity contribution in [2.24, 2.45) is 0 Å². The van der Waals surface area contributed by atoms with Crippen LogP contribution in [0.2, 0.25) is 0 Å². The highest BCUT2D eigenvalue weighted by molar-refractivity contribution is 7.80. The van der Waals surface area contributed by atoms with Gasteiger partial charge in [0.2, 0.25) is 5.91 Å². The van der Waals surface area contributed by atoms with Gasteiger partial charge in [0.25, 0.3) is 5.69 Å². The van der Waals surface area contributed by atoms with Crippen molar-refractivity contribution >= 4 is 40.7 Å². The molecule has 0 spiro atoms. The van der Waals surface area contributed by atoms with Crippen molar-refractivity contribution in [3.63, 3.8) is 0 Å². The van der Waals surface area contributed by atoms with Crippen LogP contribution in [-0.4, -0.2) is 15.9 Å². The molecule has 0 aliphatic carbocycles. The summed E-state index contributed by atoms with van der Waals surface area (Å²) in [7, 11) is 0. The molecule has 0 fully saturated rings. The van der Waals surface area contributed by atoms with Crippen LogP contribution in [0.1, 0.15) is 5.76 Å². The van der Waals surface area contributed by atoms with Crippen LogP contribution in [0.5, 0.6) is 0 Å². The number of benzene rings is 1. The lowest BCUT2D eigenvalue weighted by Crippen LogP contribution is -2.33. The van der Waals surface area contributed by atoms with E-state index in [9.17, 15) is 14.9 Å². The van der Waals surface area contributed by atoms with Gasteiger partial charge in [-0.3, -0.25) is 20.2 Å². The first-order valence-corrected chi connectivity index (χ1v) is 6.54. The molecule has 2 rings (SSSR count). The zero-order valence-corrected chi connectivity index (χ0v) is 12.0. The fourth-order valence-electron chi connectivity index (χ4n) is 1.59. The van der Waals surface area contributed by atoms with Gasteiger partial charge >= 0.3 is 0 Å². The molecule has 1 amide bonds. The molecule has 0 bridgehead atoms. The number of thiocarbonyl (C=S) groups is 1. The van der Waals surface area contributed by atoms with Crippen LogP contribution in [0, 0.1) is 10.1 Å². The number of amides is 1.